The predicted octanol–water partition coefficient (Wildman–Crippen LogP) is 5.23. The van der Waals surface area contributed by atoms with Crippen molar-refractivity contribution in [3.8, 4) is 0 Å². The van der Waals surface area contributed by atoms with E-state index in [0.717, 1.165) is 11.8 Å². The highest BCUT2D eigenvalue weighted by Gasteiger charge is 2.18. The lowest BCUT2D eigenvalue weighted by Crippen LogP contribution is -2.25. The molecule has 0 N–H and O–H groups in total. The monoisotopic (exact) mass is 251 g/mol. The zero-order chi connectivity index (χ0) is 13.4. The lowest BCUT2D eigenvalue weighted by Gasteiger charge is -2.29. The van der Waals surface area contributed by atoms with Gasteiger partial charge in [-0.15, -0.1) is 0 Å². The Morgan fingerprint density at radius 2 is 1.61 bits per heavy atom. The highest BCUT2D eigenvalue weighted by Crippen LogP contribution is 2.32. The van der Waals surface area contributed by atoms with E-state index in [-0.39, 0.29) is 0 Å². The highest BCUT2D eigenvalue weighted by molar-refractivity contribution is 4.94. The Labute approximate surface area is 115 Å². The van der Waals surface area contributed by atoms with E-state index in [1.807, 2.05) is 0 Å². The number of nitrogens with zero attached hydrogens (tertiary/aromatic N) is 1. The third kappa shape index (κ3) is 5.46. The Balaban J connectivity index is 2.25. The molecule has 0 unspecified atom stereocenters. The fourth-order valence-corrected chi connectivity index (χ4v) is 3.11. The van der Waals surface area contributed by atoms with Gasteiger partial charge in [-0.3, -0.25) is 0 Å². The second-order valence-electron chi connectivity index (χ2n) is 6.22. The van der Waals surface area contributed by atoms with Crippen molar-refractivity contribution in [2.45, 2.75) is 72.1 Å². The van der Waals surface area contributed by atoms with Gasteiger partial charge in [-0.1, -0.05) is 53.0 Å². The molecule has 0 amide bonds. The Bertz CT molecular complexity index is 220. The molecule has 18 heavy (non-hydrogen) atoms. The second-order valence-corrected chi connectivity index (χ2v) is 6.22. The molecule has 0 aliphatic heterocycles. The molecular formula is C17H33N. The zero-order valence-electron chi connectivity index (χ0n) is 12.9. The normalized spacial score (nSPS) is 23.9. The lowest BCUT2D eigenvalue weighted by atomic mass is 9.81. The second kappa shape index (κ2) is 8.61. The van der Waals surface area contributed by atoms with Crippen LogP contribution in [-0.4, -0.2) is 18.0 Å². The van der Waals surface area contributed by atoms with E-state index in [0.29, 0.717) is 0 Å². The van der Waals surface area contributed by atoms with Gasteiger partial charge in [0, 0.05) is 18.8 Å². The first kappa shape index (κ1) is 15.6. The van der Waals surface area contributed by atoms with Crippen LogP contribution < -0.4 is 0 Å². The Morgan fingerprint density at radius 3 is 2.11 bits per heavy atom. The van der Waals surface area contributed by atoms with Gasteiger partial charge in [0.1, 0.15) is 0 Å². The van der Waals surface area contributed by atoms with Crippen molar-refractivity contribution >= 4 is 0 Å². The molecule has 0 bridgehead atoms. The average molecular weight is 251 g/mol. The third-order valence-corrected chi connectivity index (χ3v) is 4.41. The van der Waals surface area contributed by atoms with Crippen LogP contribution in [0.5, 0.6) is 0 Å². The molecule has 106 valence electrons. The van der Waals surface area contributed by atoms with Gasteiger partial charge >= 0.3 is 0 Å². The van der Waals surface area contributed by atoms with Crippen molar-refractivity contribution in [3.05, 3.63) is 12.3 Å². The molecule has 0 aromatic rings. The van der Waals surface area contributed by atoms with Crippen LogP contribution in [0.25, 0.3) is 0 Å². The topological polar surface area (TPSA) is 3.24 Å². The third-order valence-electron chi connectivity index (χ3n) is 4.41. The fourth-order valence-electron chi connectivity index (χ4n) is 3.11. The molecular weight excluding hydrogens is 218 g/mol. The van der Waals surface area contributed by atoms with Gasteiger partial charge in [0.15, 0.2) is 0 Å². The van der Waals surface area contributed by atoms with Crippen molar-refractivity contribution in [2.75, 3.05) is 13.1 Å². The first-order valence-electron chi connectivity index (χ1n) is 8.10. The summed E-state index contributed by atoms with van der Waals surface area (Å²) in [6, 6.07) is 0. The molecule has 0 spiro atoms. The van der Waals surface area contributed by atoms with Gasteiger partial charge in [0.2, 0.25) is 0 Å². The van der Waals surface area contributed by atoms with Gasteiger partial charge in [-0.25, -0.2) is 0 Å². The minimum atomic E-state index is 0.973. The quantitative estimate of drug-likeness (QED) is 0.571. The van der Waals surface area contributed by atoms with Gasteiger partial charge in [0.25, 0.3) is 0 Å². The largest absolute Gasteiger partial charge is 0.375 e. The summed E-state index contributed by atoms with van der Waals surface area (Å²) < 4.78 is 0. The molecule has 1 aliphatic carbocycles. The maximum atomic E-state index is 4.32. The molecule has 0 heterocycles. The molecule has 0 aromatic heterocycles. The molecule has 1 fully saturated rings. The summed E-state index contributed by atoms with van der Waals surface area (Å²) in [5.41, 5.74) is 1.39. The number of hydrogen-bond acceptors (Lipinski definition) is 1. The number of hydrogen-bond donors (Lipinski definition) is 0. The summed E-state index contributed by atoms with van der Waals surface area (Å²) in [5, 5.41) is 0. The summed E-state index contributed by atoms with van der Waals surface area (Å²) in [4.78, 5) is 2.51. The van der Waals surface area contributed by atoms with Crippen molar-refractivity contribution in [3.63, 3.8) is 0 Å². The van der Waals surface area contributed by atoms with Crippen LogP contribution in [0.1, 0.15) is 72.1 Å². The number of allylic oxidation sites excluding steroid dienone is 1. The van der Waals surface area contributed by atoms with E-state index < -0.39 is 0 Å². The van der Waals surface area contributed by atoms with E-state index in [1.54, 1.807) is 0 Å². The Kier molecular flexibility index (Phi) is 7.46. The lowest BCUT2D eigenvalue weighted by molar-refractivity contribution is 0.264. The summed E-state index contributed by atoms with van der Waals surface area (Å²) in [6.07, 6.45) is 10.9. The summed E-state index contributed by atoms with van der Waals surface area (Å²) in [6.45, 7) is 13.6. The van der Waals surface area contributed by atoms with Crippen LogP contribution in [0.3, 0.4) is 0 Å². The molecule has 1 aliphatic rings. The molecule has 1 saturated carbocycles. The molecule has 0 saturated heterocycles. The van der Waals surface area contributed by atoms with E-state index in [4.69, 9.17) is 0 Å². The Hall–Kier alpha value is -0.460. The maximum absolute atomic E-state index is 4.32. The van der Waals surface area contributed by atoms with Crippen LogP contribution in [0, 0.1) is 11.8 Å². The highest BCUT2D eigenvalue weighted by atomic mass is 15.1. The molecule has 1 nitrogen and oxygen atoms in total. The smallest absolute Gasteiger partial charge is 0.0172 e. The Morgan fingerprint density at radius 1 is 1.06 bits per heavy atom. The zero-order valence-corrected chi connectivity index (χ0v) is 12.9. The standard InChI is InChI=1S/C17H33N/c1-5-13-18(14-6-2)16(4)9-12-17-10-7-15(3)8-11-17/h15,17H,4-14H2,1-3H3. The predicted molar refractivity (Wildman–Crippen MR) is 81.7 cm³/mol. The summed E-state index contributed by atoms with van der Waals surface area (Å²) in [7, 11) is 0. The minimum absolute atomic E-state index is 0.973. The van der Waals surface area contributed by atoms with Crippen LogP contribution in [0.2, 0.25) is 0 Å². The molecule has 0 aromatic carbocycles. The van der Waals surface area contributed by atoms with Crippen LogP contribution in [0.15, 0.2) is 12.3 Å². The fraction of sp³-hybridized carbons (Fsp3) is 0.882. The molecule has 1 rings (SSSR count). The number of rotatable bonds is 8. The molecule has 1 heteroatoms. The van der Waals surface area contributed by atoms with E-state index >= 15 is 0 Å². The first-order chi connectivity index (χ1) is 8.67. The van der Waals surface area contributed by atoms with Gasteiger partial charge < -0.3 is 4.90 Å². The van der Waals surface area contributed by atoms with Crippen molar-refractivity contribution in [1.82, 2.24) is 4.90 Å². The SMILES string of the molecule is C=C(CCC1CCC(C)CC1)N(CCC)CCC. The molecule has 0 atom stereocenters. The van der Waals surface area contributed by atoms with Crippen molar-refractivity contribution in [2.24, 2.45) is 11.8 Å². The van der Waals surface area contributed by atoms with Gasteiger partial charge in [-0.05, 0) is 37.5 Å². The van der Waals surface area contributed by atoms with E-state index in [2.05, 4.69) is 32.3 Å². The van der Waals surface area contributed by atoms with Crippen LogP contribution >= 0.6 is 0 Å². The summed E-state index contributed by atoms with van der Waals surface area (Å²) in [5.74, 6) is 1.95. The summed E-state index contributed by atoms with van der Waals surface area (Å²) >= 11 is 0. The van der Waals surface area contributed by atoms with Crippen molar-refractivity contribution in [1.29, 1.82) is 0 Å². The van der Waals surface area contributed by atoms with Crippen LogP contribution in [0.4, 0.5) is 0 Å². The maximum Gasteiger partial charge on any atom is 0.0172 e. The van der Waals surface area contributed by atoms with Gasteiger partial charge in [0.05, 0.1) is 0 Å². The van der Waals surface area contributed by atoms with E-state index in [9.17, 15) is 0 Å². The average Bonchev–Trinajstić information content (AvgIpc) is 2.37. The van der Waals surface area contributed by atoms with Crippen molar-refractivity contribution < 1.29 is 0 Å². The molecule has 0 radical (unpaired) electrons. The minimum Gasteiger partial charge on any atom is -0.375 e. The van der Waals surface area contributed by atoms with E-state index in [1.165, 1.54) is 70.2 Å². The first-order valence-corrected chi connectivity index (χ1v) is 8.10. The van der Waals surface area contributed by atoms with Crippen LogP contribution in [-0.2, 0) is 0 Å². The van der Waals surface area contributed by atoms with Gasteiger partial charge in [-0.2, -0.15) is 0 Å².